The number of hydrogen-bond donors (Lipinski definition) is 1. The van der Waals surface area contributed by atoms with Crippen molar-refractivity contribution in [2.45, 2.75) is 19.0 Å². The molecule has 0 aromatic heterocycles. The average molecular weight is 285 g/mol. The van der Waals surface area contributed by atoms with E-state index in [4.69, 9.17) is 10.5 Å². The standard InChI is InChI=1S/C12H17BrN2O/c1-16-11-2-3-12(13)9(6-11)7-15-5-4-10(14)8-15/h2-3,6,10H,4-5,7-8,14H2,1H3. The van der Waals surface area contributed by atoms with Gasteiger partial charge in [-0.1, -0.05) is 15.9 Å². The maximum absolute atomic E-state index is 5.89. The topological polar surface area (TPSA) is 38.5 Å². The van der Waals surface area contributed by atoms with Crippen molar-refractivity contribution in [1.82, 2.24) is 4.90 Å². The van der Waals surface area contributed by atoms with Crippen molar-refractivity contribution in [3.63, 3.8) is 0 Å². The van der Waals surface area contributed by atoms with Crippen LogP contribution in [0.4, 0.5) is 0 Å². The Kier molecular flexibility index (Phi) is 3.84. The lowest BCUT2D eigenvalue weighted by Gasteiger charge is -2.16. The van der Waals surface area contributed by atoms with Crippen LogP contribution >= 0.6 is 15.9 Å². The maximum Gasteiger partial charge on any atom is 0.119 e. The Hall–Kier alpha value is -0.580. The van der Waals surface area contributed by atoms with Crippen LogP contribution in [-0.2, 0) is 6.54 Å². The van der Waals surface area contributed by atoms with Crippen LogP contribution in [0.15, 0.2) is 22.7 Å². The van der Waals surface area contributed by atoms with Crippen molar-refractivity contribution in [1.29, 1.82) is 0 Å². The maximum atomic E-state index is 5.89. The number of halogens is 1. The molecule has 4 heteroatoms. The van der Waals surface area contributed by atoms with E-state index in [1.807, 2.05) is 12.1 Å². The fourth-order valence-corrected chi connectivity index (χ4v) is 2.42. The van der Waals surface area contributed by atoms with Crippen LogP contribution in [0.5, 0.6) is 5.75 Å². The number of likely N-dealkylation sites (tertiary alicyclic amines) is 1. The molecule has 0 spiro atoms. The predicted octanol–water partition coefficient (Wildman–Crippen LogP) is 1.99. The molecule has 1 aliphatic heterocycles. The lowest BCUT2D eigenvalue weighted by Crippen LogP contribution is -2.26. The highest BCUT2D eigenvalue weighted by molar-refractivity contribution is 9.10. The van der Waals surface area contributed by atoms with Crippen molar-refractivity contribution in [2.75, 3.05) is 20.2 Å². The first-order valence-electron chi connectivity index (χ1n) is 5.49. The van der Waals surface area contributed by atoms with Gasteiger partial charge in [-0.25, -0.2) is 0 Å². The Labute approximate surface area is 105 Å². The van der Waals surface area contributed by atoms with E-state index in [-0.39, 0.29) is 0 Å². The van der Waals surface area contributed by atoms with Crippen LogP contribution in [0.25, 0.3) is 0 Å². The Morgan fingerprint density at radius 1 is 1.56 bits per heavy atom. The molecule has 0 amide bonds. The molecule has 2 rings (SSSR count). The second-order valence-electron chi connectivity index (χ2n) is 4.24. The molecule has 1 fully saturated rings. The van der Waals surface area contributed by atoms with Crippen molar-refractivity contribution in [3.05, 3.63) is 28.2 Å². The first kappa shape index (κ1) is 11.9. The lowest BCUT2D eigenvalue weighted by atomic mass is 10.2. The second kappa shape index (κ2) is 5.17. The first-order chi connectivity index (χ1) is 7.69. The molecular weight excluding hydrogens is 268 g/mol. The third kappa shape index (κ3) is 2.75. The van der Waals surface area contributed by atoms with Gasteiger partial charge in [-0.15, -0.1) is 0 Å². The fraction of sp³-hybridized carbons (Fsp3) is 0.500. The minimum atomic E-state index is 0.337. The molecule has 88 valence electrons. The summed E-state index contributed by atoms with van der Waals surface area (Å²) in [6.07, 6.45) is 1.10. The van der Waals surface area contributed by atoms with Crippen LogP contribution in [0.2, 0.25) is 0 Å². The molecule has 1 unspecified atom stereocenters. The Balaban J connectivity index is 2.08. The summed E-state index contributed by atoms with van der Waals surface area (Å²) < 4.78 is 6.36. The van der Waals surface area contributed by atoms with Gasteiger partial charge in [0.2, 0.25) is 0 Å². The van der Waals surface area contributed by atoms with E-state index < -0.39 is 0 Å². The van der Waals surface area contributed by atoms with Crippen LogP contribution in [0.3, 0.4) is 0 Å². The molecule has 0 radical (unpaired) electrons. The quantitative estimate of drug-likeness (QED) is 0.923. The van der Waals surface area contributed by atoms with Crippen LogP contribution in [0, 0.1) is 0 Å². The summed E-state index contributed by atoms with van der Waals surface area (Å²) in [7, 11) is 1.69. The molecule has 1 aliphatic rings. The van der Waals surface area contributed by atoms with E-state index in [0.29, 0.717) is 6.04 Å². The molecule has 1 aromatic rings. The Bertz CT molecular complexity index is 370. The highest BCUT2D eigenvalue weighted by Gasteiger charge is 2.19. The van der Waals surface area contributed by atoms with Gasteiger partial charge in [-0.3, -0.25) is 4.90 Å². The predicted molar refractivity (Wildman–Crippen MR) is 68.6 cm³/mol. The number of nitrogens with two attached hydrogens (primary N) is 1. The second-order valence-corrected chi connectivity index (χ2v) is 5.10. The molecule has 1 saturated heterocycles. The zero-order chi connectivity index (χ0) is 11.5. The molecule has 0 bridgehead atoms. The third-order valence-electron chi connectivity index (χ3n) is 2.96. The number of methoxy groups -OCH3 is 1. The number of ether oxygens (including phenoxy) is 1. The van der Waals surface area contributed by atoms with Gasteiger partial charge >= 0.3 is 0 Å². The van der Waals surface area contributed by atoms with Gasteiger partial charge in [0.1, 0.15) is 5.75 Å². The summed E-state index contributed by atoms with van der Waals surface area (Å²) in [5.41, 5.74) is 7.15. The normalized spacial score (nSPS) is 21.3. The number of rotatable bonds is 3. The number of hydrogen-bond acceptors (Lipinski definition) is 3. The zero-order valence-corrected chi connectivity index (χ0v) is 11.0. The minimum Gasteiger partial charge on any atom is -0.497 e. The molecule has 0 saturated carbocycles. The van der Waals surface area contributed by atoms with E-state index in [2.05, 4.69) is 26.9 Å². The third-order valence-corrected chi connectivity index (χ3v) is 3.73. The van der Waals surface area contributed by atoms with Crippen LogP contribution in [-0.4, -0.2) is 31.1 Å². The van der Waals surface area contributed by atoms with Crippen LogP contribution < -0.4 is 10.5 Å². The number of benzene rings is 1. The fourth-order valence-electron chi connectivity index (χ4n) is 2.05. The first-order valence-corrected chi connectivity index (χ1v) is 6.28. The van der Waals surface area contributed by atoms with E-state index in [1.54, 1.807) is 7.11 Å². The van der Waals surface area contributed by atoms with Gasteiger partial charge < -0.3 is 10.5 Å². The smallest absolute Gasteiger partial charge is 0.119 e. The zero-order valence-electron chi connectivity index (χ0n) is 9.45. The monoisotopic (exact) mass is 284 g/mol. The molecule has 2 N–H and O–H groups in total. The Morgan fingerprint density at radius 3 is 3.00 bits per heavy atom. The van der Waals surface area contributed by atoms with Gasteiger partial charge in [-0.2, -0.15) is 0 Å². The van der Waals surface area contributed by atoms with E-state index in [1.165, 1.54) is 5.56 Å². The van der Waals surface area contributed by atoms with Crippen molar-refractivity contribution in [3.8, 4) is 5.75 Å². The van der Waals surface area contributed by atoms with Crippen molar-refractivity contribution < 1.29 is 4.74 Å². The highest BCUT2D eigenvalue weighted by Crippen LogP contribution is 2.24. The minimum absolute atomic E-state index is 0.337. The summed E-state index contributed by atoms with van der Waals surface area (Å²) in [6, 6.07) is 6.41. The van der Waals surface area contributed by atoms with Gasteiger partial charge in [0.15, 0.2) is 0 Å². The van der Waals surface area contributed by atoms with Gasteiger partial charge in [0.25, 0.3) is 0 Å². The molecule has 1 heterocycles. The molecule has 0 aliphatic carbocycles. The van der Waals surface area contributed by atoms with Crippen molar-refractivity contribution >= 4 is 15.9 Å². The van der Waals surface area contributed by atoms with Crippen LogP contribution in [0.1, 0.15) is 12.0 Å². The average Bonchev–Trinajstić information content (AvgIpc) is 2.67. The summed E-state index contributed by atoms with van der Waals surface area (Å²) in [5, 5.41) is 0. The summed E-state index contributed by atoms with van der Waals surface area (Å²) in [5.74, 6) is 0.904. The summed E-state index contributed by atoms with van der Waals surface area (Å²) >= 11 is 3.57. The summed E-state index contributed by atoms with van der Waals surface area (Å²) in [6.45, 7) is 3.01. The van der Waals surface area contributed by atoms with Gasteiger partial charge in [-0.05, 0) is 30.2 Å². The van der Waals surface area contributed by atoms with Crippen molar-refractivity contribution in [2.24, 2.45) is 5.73 Å². The highest BCUT2D eigenvalue weighted by atomic mass is 79.9. The lowest BCUT2D eigenvalue weighted by molar-refractivity contribution is 0.325. The SMILES string of the molecule is COc1ccc(Br)c(CN2CCC(N)C2)c1. The van der Waals surface area contributed by atoms with E-state index in [9.17, 15) is 0 Å². The Morgan fingerprint density at radius 2 is 2.38 bits per heavy atom. The van der Waals surface area contributed by atoms with E-state index in [0.717, 1.165) is 36.3 Å². The molecule has 1 aromatic carbocycles. The van der Waals surface area contributed by atoms with Gasteiger partial charge in [0.05, 0.1) is 7.11 Å². The molecule has 3 nitrogen and oxygen atoms in total. The number of nitrogens with zero attached hydrogens (tertiary/aromatic N) is 1. The molecule has 16 heavy (non-hydrogen) atoms. The summed E-state index contributed by atoms with van der Waals surface area (Å²) in [4.78, 5) is 2.38. The van der Waals surface area contributed by atoms with E-state index >= 15 is 0 Å². The molecule has 1 atom stereocenters. The molecular formula is C12H17BrN2O. The van der Waals surface area contributed by atoms with Gasteiger partial charge in [0, 0.05) is 30.1 Å². The largest absolute Gasteiger partial charge is 0.497 e.